The molecule has 2 N–H and O–H groups in total. The van der Waals surface area contributed by atoms with Gasteiger partial charge in [0.1, 0.15) is 5.82 Å². The van der Waals surface area contributed by atoms with E-state index in [0.29, 0.717) is 10.9 Å². The van der Waals surface area contributed by atoms with E-state index >= 15 is 0 Å². The van der Waals surface area contributed by atoms with E-state index in [0.717, 1.165) is 19.0 Å². The molecule has 1 rings (SSSR count). The highest BCUT2D eigenvalue weighted by atomic mass is 79.9. The quantitative estimate of drug-likeness (QED) is 0.750. The first-order chi connectivity index (χ1) is 8.44. The van der Waals surface area contributed by atoms with Crippen LogP contribution in [0.15, 0.2) is 22.7 Å². The molecule has 0 fully saturated rings. The summed E-state index contributed by atoms with van der Waals surface area (Å²) in [5.41, 5.74) is 0.240. The molecule has 7 heteroatoms. The first-order valence-corrected chi connectivity index (χ1v) is 7.99. The molecule has 1 aromatic rings. The standard InChI is InChI=1S/C11H16BrFN2O2S/c1-14-6-2-3-7-18(16,17)15-9-4-5-10(12)11(13)8-9/h4-5,8,14-15H,2-3,6-7H2,1H3. The molecule has 0 spiro atoms. The molecular weight excluding hydrogens is 323 g/mol. The van der Waals surface area contributed by atoms with E-state index in [1.54, 1.807) is 0 Å². The van der Waals surface area contributed by atoms with Gasteiger partial charge in [0.25, 0.3) is 0 Å². The second kappa shape index (κ2) is 7.06. The summed E-state index contributed by atoms with van der Waals surface area (Å²) in [5.74, 6) is -0.461. The molecule has 0 aliphatic carbocycles. The Bertz CT molecular complexity index is 494. The molecule has 0 unspecified atom stereocenters. The third kappa shape index (κ3) is 5.32. The Hall–Kier alpha value is -0.660. The van der Waals surface area contributed by atoms with Gasteiger partial charge in [0.2, 0.25) is 10.0 Å². The molecule has 0 heterocycles. The minimum atomic E-state index is -3.40. The van der Waals surface area contributed by atoms with Gasteiger partial charge in [0.05, 0.1) is 15.9 Å². The lowest BCUT2D eigenvalue weighted by Crippen LogP contribution is -2.18. The molecular formula is C11H16BrFN2O2S. The highest BCUT2D eigenvalue weighted by Crippen LogP contribution is 2.20. The average Bonchev–Trinajstić information content (AvgIpc) is 2.29. The molecule has 0 aromatic heterocycles. The van der Waals surface area contributed by atoms with Crippen molar-refractivity contribution in [3.8, 4) is 0 Å². The van der Waals surface area contributed by atoms with Gasteiger partial charge in [-0.2, -0.15) is 0 Å². The maximum atomic E-state index is 13.2. The molecule has 0 atom stereocenters. The van der Waals surface area contributed by atoms with E-state index in [4.69, 9.17) is 0 Å². The van der Waals surface area contributed by atoms with E-state index < -0.39 is 15.8 Å². The number of rotatable bonds is 7. The number of sulfonamides is 1. The maximum Gasteiger partial charge on any atom is 0.232 e. The molecule has 0 amide bonds. The summed E-state index contributed by atoms with van der Waals surface area (Å²) in [6.07, 6.45) is 1.35. The zero-order chi connectivity index (χ0) is 13.6. The predicted octanol–water partition coefficient (Wildman–Crippen LogP) is 2.33. The average molecular weight is 339 g/mol. The largest absolute Gasteiger partial charge is 0.320 e. The first-order valence-electron chi connectivity index (χ1n) is 5.55. The number of nitrogens with one attached hydrogen (secondary N) is 2. The van der Waals surface area contributed by atoms with Gasteiger partial charge in [-0.05, 0) is 60.6 Å². The lowest BCUT2D eigenvalue weighted by atomic mass is 10.3. The maximum absolute atomic E-state index is 13.2. The summed E-state index contributed by atoms with van der Waals surface area (Å²) in [6, 6.07) is 4.13. The van der Waals surface area contributed by atoms with Gasteiger partial charge in [-0.15, -0.1) is 0 Å². The molecule has 102 valence electrons. The molecule has 1 aromatic carbocycles. The number of anilines is 1. The molecule has 0 aliphatic heterocycles. The van der Waals surface area contributed by atoms with Crippen LogP contribution in [0.5, 0.6) is 0 Å². The fraction of sp³-hybridized carbons (Fsp3) is 0.455. The smallest absolute Gasteiger partial charge is 0.232 e. The SMILES string of the molecule is CNCCCCS(=O)(=O)Nc1ccc(Br)c(F)c1. The Morgan fingerprint density at radius 1 is 1.33 bits per heavy atom. The van der Waals surface area contributed by atoms with Crippen LogP contribution in [0, 0.1) is 5.82 Å². The van der Waals surface area contributed by atoms with Gasteiger partial charge < -0.3 is 5.32 Å². The molecule has 0 saturated heterocycles. The minimum absolute atomic E-state index is 0.0341. The van der Waals surface area contributed by atoms with E-state index in [1.165, 1.54) is 12.1 Å². The molecule has 0 bridgehead atoms. The Labute approximate surface area is 115 Å². The fourth-order valence-electron chi connectivity index (χ4n) is 1.38. The van der Waals surface area contributed by atoms with Crippen molar-refractivity contribution in [3.05, 3.63) is 28.5 Å². The third-order valence-electron chi connectivity index (χ3n) is 2.28. The van der Waals surface area contributed by atoms with Crippen LogP contribution in [0.25, 0.3) is 0 Å². The first kappa shape index (κ1) is 15.4. The highest BCUT2D eigenvalue weighted by molar-refractivity contribution is 9.10. The van der Waals surface area contributed by atoms with Crippen LogP contribution in [0.4, 0.5) is 10.1 Å². The summed E-state index contributed by atoms with van der Waals surface area (Å²) in [7, 11) is -1.59. The predicted molar refractivity (Wildman–Crippen MR) is 74.7 cm³/mol. The molecule has 18 heavy (non-hydrogen) atoms. The van der Waals surface area contributed by atoms with Crippen LogP contribution in [0.1, 0.15) is 12.8 Å². The Morgan fingerprint density at radius 3 is 2.67 bits per heavy atom. The van der Waals surface area contributed by atoms with E-state index in [2.05, 4.69) is 26.0 Å². The van der Waals surface area contributed by atoms with Crippen molar-refractivity contribution >= 4 is 31.6 Å². The van der Waals surface area contributed by atoms with Crippen LogP contribution >= 0.6 is 15.9 Å². The zero-order valence-electron chi connectivity index (χ0n) is 10.0. The van der Waals surface area contributed by atoms with Crippen molar-refractivity contribution in [1.82, 2.24) is 5.32 Å². The highest BCUT2D eigenvalue weighted by Gasteiger charge is 2.11. The van der Waals surface area contributed by atoms with Gasteiger partial charge in [-0.25, -0.2) is 12.8 Å². The van der Waals surface area contributed by atoms with Crippen LogP contribution in [0.2, 0.25) is 0 Å². The van der Waals surface area contributed by atoms with Crippen LogP contribution in [0.3, 0.4) is 0 Å². The normalized spacial score (nSPS) is 11.5. The van der Waals surface area contributed by atoms with Crippen LogP contribution < -0.4 is 10.0 Å². The lowest BCUT2D eigenvalue weighted by molar-refractivity contribution is 0.595. The summed E-state index contributed by atoms with van der Waals surface area (Å²) >= 11 is 3.01. The van der Waals surface area contributed by atoms with Gasteiger partial charge >= 0.3 is 0 Å². The summed E-state index contributed by atoms with van der Waals surface area (Å²) in [4.78, 5) is 0. The number of unbranched alkanes of at least 4 members (excludes halogenated alkanes) is 1. The molecule has 0 radical (unpaired) electrons. The van der Waals surface area contributed by atoms with Gasteiger partial charge in [-0.3, -0.25) is 4.72 Å². The van der Waals surface area contributed by atoms with E-state index in [1.807, 2.05) is 7.05 Å². The number of hydrogen-bond acceptors (Lipinski definition) is 3. The van der Waals surface area contributed by atoms with E-state index in [9.17, 15) is 12.8 Å². The van der Waals surface area contributed by atoms with E-state index in [-0.39, 0.29) is 11.4 Å². The Morgan fingerprint density at radius 2 is 2.06 bits per heavy atom. The second-order valence-electron chi connectivity index (χ2n) is 3.86. The molecule has 4 nitrogen and oxygen atoms in total. The Kier molecular flexibility index (Phi) is 6.04. The van der Waals surface area contributed by atoms with Crippen molar-refractivity contribution in [1.29, 1.82) is 0 Å². The number of benzene rings is 1. The van der Waals surface area contributed by atoms with Crippen molar-refractivity contribution in [2.24, 2.45) is 0 Å². The number of hydrogen-bond donors (Lipinski definition) is 2. The minimum Gasteiger partial charge on any atom is -0.320 e. The van der Waals surface area contributed by atoms with Gasteiger partial charge in [-0.1, -0.05) is 0 Å². The van der Waals surface area contributed by atoms with Gasteiger partial charge in [0, 0.05) is 0 Å². The summed E-state index contributed by atoms with van der Waals surface area (Å²) in [5, 5.41) is 2.95. The molecule has 0 saturated carbocycles. The zero-order valence-corrected chi connectivity index (χ0v) is 12.4. The van der Waals surface area contributed by atoms with Crippen molar-refractivity contribution in [2.75, 3.05) is 24.1 Å². The topological polar surface area (TPSA) is 58.2 Å². The van der Waals surface area contributed by atoms with Crippen LogP contribution in [-0.2, 0) is 10.0 Å². The van der Waals surface area contributed by atoms with Crippen molar-refractivity contribution in [2.45, 2.75) is 12.8 Å². The number of halogens is 2. The lowest BCUT2D eigenvalue weighted by Gasteiger charge is -2.08. The molecule has 0 aliphatic rings. The Balaban J connectivity index is 2.56. The third-order valence-corrected chi connectivity index (χ3v) is 4.30. The summed E-state index contributed by atoms with van der Waals surface area (Å²) in [6.45, 7) is 0.780. The van der Waals surface area contributed by atoms with Crippen molar-refractivity contribution < 1.29 is 12.8 Å². The van der Waals surface area contributed by atoms with Gasteiger partial charge in [0.15, 0.2) is 0 Å². The summed E-state index contributed by atoms with van der Waals surface area (Å²) < 4.78 is 39.3. The monoisotopic (exact) mass is 338 g/mol. The van der Waals surface area contributed by atoms with Crippen LogP contribution in [-0.4, -0.2) is 27.8 Å². The van der Waals surface area contributed by atoms with Crippen molar-refractivity contribution in [3.63, 3.8) is 0 Å². The fourth-order valence-corrected chi connectivity index (χ4v) is 2.80. The second-order valence-corrected chi connectivity index (χ2v) is 6.56.